The van der Waals surface area contributed by atoms with E-state index >= 15 is 0 Å². The molecule has 1 aromatic rings. The minimum atomic E-state index is 0.394. The van der Waals surface area contributed by atoms with E-state index in [1.54, 1.807) is 11.8 Å². The summed E-state index contributed by atoms with van der Waals surface area (Å²) in [6.45, 7) is 6.07. The van der Waals surface area contributed by atoms with E-state index in [0.29, 0.717) is 12.1 Å². The van der Waals surface area contributed by atoms with Crippen LogP contribution in [0.25, 0.3) is 0 Å². The summed E-state index contributed by atoms with van der Waals surface area (Å²) in [5, 5.41) is 4.37. The summed E-state index contributed by atoms with van der Waals surface area (Å²) in [7, 11) is 0. The molecule has 2 rings (SSSR count). The molecule has 1 aromatic heterocycles. The van der Waals surface area contributed by atoms with Crippen molar-refractivity contribution in [3.8, 4) is 0 Å². The SMILES string of the molecule is Cc1ccnc(SCCNC(C)C2CCCO2)n1. The largest absolute Gasteiger partial charge is 0.377 e. The summed E-state index contributed by atoms with van der Waals surface area (Å²) in [6.07, 6.45) is 4.59. The second kappa shape index (κ2) is 7.07. The molecule has 0 bridgehead atoms. The molecular weight excluding hydrogens is 246 g/mol. The molecule has 100 valence electrons. The molecule has 1 N–H and O–H groups in total. The van der Waals surface area contributed by atoms with Gasteiger partial charge in [-0.05, 0) is 32.8 Å². The molecule has 0 aliphatic carbocycles. The van der Waals surface area contributed by atoms with Crippen LogP contribution < -0.4 is 5.32 Å². The van der Waals surface area contributed by atoms with E-state index < -0.39 is 0 Å². The van der Waals surface area contributed by atoms with Crippen LogP contribution in [-0.2, 0) is 4.74 Å². The van der Waals surface area contributed by atoms with Gasteiger partial charge in [-0.25, -0.2) is 9.97 Å². The lowest BCUT2D eigenvalue weighted by Crippen LogP contribution is -2.38. The summed E-state index contributed by atoms with van der Waals surface area (Å²) in [5.41, 5.74) is 1.02. The topological polar surface area (TPSA) is 47.0 Å². The van der Waals surface area contributed by atoms with Crippen LogP contribution in [0.5, 0.6) is 0 Å². The normalized spacial score (nSPS) is 21.1. The van der Waals surface area contributed by atoms with Crippen molar-refractivity contribution in [1.29, 1.82) is 0 Å². The molecule has 4 nitrogen and oxygen atoms in total. The number of hydrogen-bond donors (Lipinski definition) is 1. The first-order valence-electron chi connectivity index (χ1n) is 6.53. The van der Waals surface area contributed by atoms with Crippen LogP contribution in [0.3, 0.4) is 0 Å². The Morgan fingerprint density at radius 3 is 3.22 bits per heavy atom. The Morgan fingerprint density at radius 1 is 1.61 bits per heavy atom. The van der Waals surface area contributed by atoms with Gasteiger partial charge in [0.25, 0.3) is 0 Å². The zero-order valence-corrected chi connectivity index (χ0v) is 11.9. The second-order valence-corrected chi connectivity index (χ2v) is 5.69. The van der Waals surface area contributed by atoms with E-state index in [1.807, 2.05) is 19.2 Å². The summed E-state index contributed by atoms with van der Waals surface area (Å²) in [5.74, 6) is 0.987. The molecule has 0 radical (unpaired) electrons. The fraction of sp³-hybridized carbons (Fsp3) is 0.692. The van der Waals surface area contributed by atoms with E-state index in [4.69, 9.17) is 4.74 Å². The fourth-order valence-corrected chi connectivity index (χ4v) is 2.80. The molecule has 1 aliphatic rings. The highest BCUT2D eigenvalue weighted by molar-refractivity contribution is 7.99. The summed E-state index contributed by atoms with van der Waals surface area (Å²) in [6, 6.07) is 2.36. The van der Waals surface area contributed by atoms with Gasteiger partial charge >= 0.3 is 0 Å². The molecular formula is C13H21N3OS. The number of aromatic nitrogens is 2. The lowest BCUT2D eigenvalue weighted by Gasteiger charge is -2.19. The number of nitrogens with one attached hydrogen (secondary N) is 1. The molecule has 0 spiro atoms. The zero-order valence-electron chi connectivity index (χ0n) is 11.1. The van der Waals surface area contributed by atoms with E-state index in [-0.39, 0.29) is 0 Å². The second-order valence-electron chi connectivity index (χ2n) is 4.62. The smallest absolute Gasteiger partial charge is 0.187 e. The van der Waals surface area contributed by atoms with E-state index in [9.17, 15) is 0 Å². The maximum Gasteiger partial charge on any atom is 0.187 e. The van der Waals surface area contributed by atoms with Gasteiger partial charge in [0, 0.05) is 36.8 Å². The predicted octanol–water partition coefficient (Wildman–Crippen LogP) is 2.03. The molecule has 1 aliphatic heterocycles. The van der Waals surface area contributed by atoms with E-state index in [2.05, 4.69) is 22.2 Å². The van der Waals surface area contributed by atoms with Crippen molar-refractivity contribution in [3.05, 3.63) is 18.0 Å². The fourth-order valence-electron chi connectivity index (χ4n) is 2.05. The van der Waals surface area contributed by atoms with Crippen molar-refractivity contribution in [2.24, 2.45) is 0 Å². The molecule has 18 heavy (non-hydrogen) atoms. The number of aryl methyl sites for hydroxylation is 1. The number of ether oxygens (including phenoxy) is 1. The van der Waals surface area contributed by atoms with Crippen molar-refractivity contribution in [2.45, 2.75) is 44.0 Å². The number of thioether (sulfide) groups is 1. The van der Waals surface area contributed by atoms with Crippen molar-refractivity contribution >= 4 is 11.8 Å². The molecule has 2 atom stereocenters. The Hall–Kier alpha value is -0.650. The monoisotopic (exact) mass is 267 g/mol. The van der Waals surface area contributed by atoms with Crippen LogP contribution in [0, 0.1) is 6.92 Å². The van der Waals surface area contributed by atoms with Crippen LogP contribution in [0.4, 0.5) is 0 Å². The molecule has 1 fully saturated rings. The van der Waals surface area contributed by atoms with Gasteiger partial charge in [-0.15, -0.1) is 0 Å². The third-order valence-electron chi connectivity index (χ3n) is 3.09. The quantitative estimate of drug-likeness (QED) is 0.485. The molecule has 0 amide bonds. The summed E-state index contributed by atoms with van der Waals surface area (Å²) < 4.78 is 5.65. The van der Waals surface area contributed by atoms with Crippen LogP contribution in [0.2, 0.25) is 0 Å². The first kappa shape index (κ1) is 13.8. The highest BCUT2D eigenvalue weighted by Gasteiger charge is 2.21. The number of hydrogen-bond acceptors (Lipinski definition) is 5. The van der Waals surface area contributed by atoms with Gasteiger partial charge in [0.1, 0.15) is 0 Å². The van der Waals surface area contributed by atoms with Gasteiger partial charge in [-0.2, -0.15) is 0 Å². The first-order chi connectivity index (χ1) is 8.75. The van der Waals surface area contributed by atoms with Gasteiger partial charge < -0.3 is 10.1 Å². The lowest BCUT2D eigenvalue weighted by atomic mass is 10.1. The molecule has 2 unspecified atom stereocenters. The standard InChI is InChI=1S/C13H21N3OS/c1-10-5-6-15-13(16-10)18-9-7-14-11(2)12-4-3-8-17-12/h5-6,11-12,14H,3-4,7-9H2,1-2H3. The summed E-state index contributed by atoms with van der Waals surface area (Å²) in [4.78, 5) is 8.60. The third kappa shape index (κ3) is 4.23. The van der Waals surface area contributed by atoms with Crippen molar-refractivity contribution < 1.29 is 4.74 Å². The zero-order chi connectivity index (χ0) is 12.8. The van der Waals surface area contributed by atoms with Crippen LogP contribution in [-0.4, -0.2) is 41.0 Å². The minimum absolute atomic E-state index is 0.394. The number of rotatable bonds is 6. The average molecular weight is 267 g/mol. The Bertz CT molecular complexity index is 369. The summed E-state index contributed by atoms with van der Waals surface area (Å²) >= 11 is 1.69. The first-order valence-corrected chi connectivity index (χ1v) is 7.51. The highest BCUT2D eigenvalue weighted by Crippen LogP contribution is 2.16. The van der Waals surface area contributed by atoms with E-state index in [0.717, 1.165) is 29.8 Å². The Balaban J connectivity index is 1.63. The van der Waals surface area contributed by atoms with Gasteiger partial charge in [0.2, 0.25) is 0 Å². The maximum absolute atomic E-state index is 5.65. The molecule has 5 heteroatoms. The van der Waals surface area contributed by atoms with Crippen molar-refractivity contribution in [2.75, 3.05) is 18.9 Å². The predicted molar refractivity (Wildman–Crippen MR) is 73.9 cm³/mol. The highest BCUT2D eigenvalue weighted by atomic mass is 32.2. The lowest BCUT2D eigenvalue weighted by molar-refractivity contribution is 0.0844. The molecule has 1 saturated heterocycles. The van der Waals surface area contributed by atoms with Gasteiger partial charge in [-0.1, -0.05) is 11.8 Å². The van der Waals surface area contributed by atoms with E-state index in [1.165, 1.54) is 12.8 Å². The molecule has 0 saturated carbocycles. The van der Waals surface area contributed by atoms with Crippen molar-refractivity contribution in [3.63, 3.8) is 0 Å². The van der Waals surface area contributed by atoms with Crippen LogP contribution in [0.15, 0.2) is 17.4 Å². The Kier molecular flexibility index (Phi) is 5.41. The van der Waals surface area contributed by atoms with Gasteiger partial charge in [-0.3, -0.25) is 0 Å². The molecule has 0 aromatic carbocycles. The average Bonchev–Trinajstić information content (AvgIpc) is 2.88. The third-order valence-corrected chi connectivity index (χ3v) is 3.96. The minimum Gasteiger partial charge on any atom is -0.377 e. The Morgan fingerprint density at radius 2 is 2.50 bits per heavy atom. The van der Waals surface area contributed by atoms with Crippen LogP contribution >= 0.6 is 11.8 Å². The maximum atomic E-state index is 5.65. The van der Waals surface area contributed by atoms with Gasteiger partial charge in [0.15, 0.2) is 5.16 Å². The van der Waals surface area contributed by atoms with Gasteiger partial charge in [0.05, 0.1) is 6.10 Å². The van der Waals surface area contributed by atoms with Crippen LogP contribution in [0.1, 0.15) is 25.5 Å². The Labute approximate surface area is 113 Å². The number of nitrogens with zero attached hydrogens (tertiary/aromatic N) is 2. The molecule has 2 heterocycles. The van der Waals surface area contributed by atoms with Crippen molar-refractivity contribution in [1.82, 2.24) is 15.3 Å².